The Labute approximate surface area is 223 Å². The Morgan fingerprint density at radius 3 is 2.68 bits per heavy atom. The summed E-state index contributed by atoms with van der Waals surface area (Å²) in [5.41, 5.74) is 4.27. The average molecular weight is 514 g/mol. The van der Waals surface area contributed by atoms with Gasteiger partial charge in [0, 0.05) is 49.6 Å². The van der Waals surface area contributed by atoms with Crippen LogP contribution in [-0.4, -0.2) is 61.6 Å². The van der Waals surface area contributed by atoms with Gasteiger partial charge in [-0.3, -0.25) is 14.3 Å². The molecular weight excluding hydrogens is 478 g/mol. The lowest BCUT2D eigenvalue weighted by molar-refractivity contribution is -0.0428. The molecule has 2 aliphatic heterocycles. The Kier molecular flexibility index (Phi) is 7.31. The van der Waals surface area contributed by atoms with Crippen LogP contribution in [0.15, 0.2) is 82.9 Å². The lowest BCUT2D eigenvalue weighted by Gasteiger charge is -2.34. The summed E-state index contributed by atoms with van der Waals surface area (Å²) in [7, 11) is 1.66. The first kappa shape index (κ1) is 24.9. The Morgan fingerprint density at radius 1 is 1.03 bits per heavy atom. The summed E-state index contributed by atoms with van der Waals surface area (Å²) in [6.07, 6.45) is 7.31. The van der Waals surface area contributed by atoms with Crippen LogP contribution >= 0.6 is 0 Å². The van der Waals surface area contributed by atoms with Gasteiger partial charge in [-0.05, 0) is 42.2 Å². The van der Waals surface area contributed by atoms with Crippen LogP contribution < -0.4 is 15.6 Å². The van der Waals surface area contributed by atoms with Gasteiger partial charge in [0.05, 0.1) is 25.9 Å². The van der Waals surface area contributed by atoms with Crippen molar-refractivity contribution in [1.29, 1.82) is 0 Å². The molecule has 38 heavy (non-hydrogen) atoms. The van der Waals surface area contributed by atoms with E-state index in [1.807, 2.05) is 34.9 Å². The number of benzene rings is 2. The zero-order valence-corrected chi connectivity index (χ0v) is 21.9. The predicted octanol–water partition coefficient (Wildman–Crippen LogP) is 4.32. The largest absolute Gasteiger partial charge is 0.497 e. The first-order valence-corrected chi connectivity index (χ1v) is 13.5. The fourth-order valence-electron chi connectivity index (χ4n) is 5.72. The van der Waals surface area contributed by atoms with E-state index in [2.05, 4.69) is 40.6 Å². The highest BCUT2D eigenvalue weighted by atomic mass is 16.6. The van der Waals surface area contributed by atoms with Crippen molar-refractivity contribution in [1.82, 2.24) is 14.8 Å². The lowest BCUT2D eigenvalue weighted by Crippen LogP contribution is -2.44. The fraction of sp³-hybridized carbons (Fsp3) is 0.387. The van der Waals surface area contributed by atoms with Crippen molar-refractivity contribution in [2.24, 2.45) is 0 Å². The maximum Gasteiger partial charge on any atom is 0.252 e. The molecule has 7 nitrogen and oxygen atoms in total. The van der Waals surface area contributed by atoms with Crippen LogP contribution in [0.25, 0.3) is 22.0 Å². The van der Waals surface area contributed by atoms with Crippen molar-refractivity contribution >= 4 is 10.9 Å². The number of likely N-dealkylation sites (tertiary alicyclic amines) is 1. The summed E-state index contributed by atoms with van der Waals surface area (Å²) in [4.78, 5) is 15.8. The van der Waals surface area contributed by atoms with E-state index in [1.54, 1.807) is 13.2 Å². The number of rotatable bonds is 7. The lowest BCUT2D eigenvalue weighted by atomic mass is 9.99. The molecule has 2 fully saturated rings. The highest BCUT2D eigenvalue weighted by molar-refractivity contribution is 5.95. The van der Waals surface area contributed by atoms with E-state index < -0.39 is 0 Å². The van der Waals surface area contributed by atoms with Gasteiger partial charge in [0.2, 0.25) is 0 Å². The molecule has 3 heterocycles. The highest BCUT2D eigenvalue weighted by Crippen LogP contribution is 2.30. The van der Waals surface area contributed by atoms with Gasteiger partial charge in [0.15, 0.2) is 0 Å². The van der Waals surface area contributed by atoms with E-state index in [0.29, 0.717) is 25.9 Å². The van der Waals surface area contributed by atoms with Gasteiger partial charge in [0.25, 0.3) is 5.56 Å². The molecule has 0 saturated carbocycles. The second-order valence-corrected chi connectivity index (χ2v) is 10.3. The van der Waals surface area contributed by atoms with E-state index in [0.717, 1.165) is 72.4 Å². The molecule has 2 aromatic carbocycles. The van der Waals surface area contributed by atoms with Crippen molar-refractivity contribution in [3.05, 3.63) is 88.4 Å². The third kappa shape index (κ3) is 5.27. The van der Waals surface area contributed by atoms with Gasteiger partial charge in [-0.15, -0.1) is 0 Å². The van der Waals surface area contributed by atoms with E-state index in [-0.39, 0.29) is 11.7 Å². The van der Waals surface area contributed by atoms with Crippen LogP contribution in [-0.2, 0) is 16.1 Å². The zero-order valence-electron chi connectivity index (χ0n) is 21.9. The molecule has 6 rings (SSSR count). The van der Waals surface area contributed by atoms with Crippen LogP contribution in [0.4, 0.5) is 0 Å². The number of hydrogen-bond donors (Lipinski definition) is 1. The first-order chi connectivity index (χ1) is 18.7. The van der Waals surface area contributed by atoms with E-state index in [4.69, 9.17) is 14.2 Å². The van der Waals surface area contributed by atoms with Crippen molar-refractivity contribution in [2.45, 2.75) is 38.1 Å². The third-order valence-corrected chi connectivity index (χ3v) is 7.87. The summed E-state index contributed by atoms with van der Waals surface area (Å²) in [6, 6.07) is 18.4. The minimum atomic E-state index is 0.00965. The summed E-state index contributed by atoms with van der Waals surface area (Å²) < 4.78 is 19.0. The van der Waals surface area contributed by atoms with Crippen LogP contribution in [0.3, 0.4) is 0 Å². The van der Waals surface area contributed by atoms with Crippen LogP contribution in [0.2, 0.25) is 0 Å². The summed E-state index contributed by atoms with van der Waals surface area (Å²) >= 11 is 0. The number of fused-ring (bicyclic) bond motifs is 2. The summed E-state index contributed by atoms with van der Waals surface area (Å²) in [6.45, 7) is 4.65. The van der Waals surface area contributed by atoms with Crippen molar-refractivity contribution in [2.75, 3.05) is 40.0 Å². The van der Waals surface area contributed by atoms with Gasteiger partial charge < -0.3 is 19.5 Å². The molecule has 1 N–H and O–H groups in total. The standard InChI is InChI=1S/C31H35N3O4/c1-36-25-8-9-26-27(23-5-3-2-4-6-23)19-31(35)34(28(26)18-25)21-33-13-11-24(12-14-33)32-20-22-7-10-29-30(17-22)38-16-15-37-29/h2-10,18-19,24,30,32H,11-17,20-21H2,1H3. The van der Waals surface area contributed by atoms with Crippen LogP contribution in [0.5, 0.6) is 5.75 Å². The molecule has 1 aliphatic carbocycles. The fourth-order valence-corrected chi connectivity index (χ4v) is 5.72. The molecule has 3 aliphatic rings. The minimum Gasteiger partial charge on any atom is -0.497 e. The normalized spacial score (nSPS) is 20.4. The molecule has 2 saturated heterocycles. The van der Waals surface area contributed by atoms with Crippen LogP contribution in [0.1, 0.15) is 19.3 Å². The van der Waals surface area contributed by atoms with Gasteiger partial charge in [-0.2, -0.15) is 0 Å². The molecule has 0 spiro atoms. The summed E-state index contributed by atoms with van der Waals surface area (Å²) in [5.74, 6) is 1.72. The second-order valence-electron chi connectivity index (χ2n) is 10.3. The predicted molar refractivity (Wildman–Crippen MR) is 149 cm³/mol. The Balaban J connectivity index is 1.13. The SMILES string of the molecule is COc1ccc2c(-c3ccccc3)cc(=O)n(CN3CCC(NCC4=CC=C5OCCOC5C4)CC3)c2c1. The number of nitrogens with zero attached hydrogens (tertiary/aromatic N) is 2. The zero-order chi connectivity index (χ0) is 25.9. The number of hydrogen-bond acceptors (Lipinski definition) is 6. The monoisotopic (exact) mass is 513 g/mol. The number of aromatic nitrogens is 1. The van der Waals surface area contributed by atoms with Crippen molar-refractivity contribution < 1.29 is 14.2 Å². The smallest absolute Gasteiger partial charge is 0.252 e. The molecule has 0 bridgehead atoms. The second kappa shape index (κ2) is 11.2. The van der Waals surface area contributed by atoms with Crippen molar-refractivity contribution in [3.8, 4) is 16.9 Å². The molecule has 1 aromatic heterocycles. The molecule has 7 heteroatoms. The Hall–Kier alpha value is -3.39. The van der Waals surface area contributed by atoms with Gasteiger partial charge in [-0.25, -0.2) is 0 Å². The number of nitrogens with one attached hydrogen (secondary N) is 1. The summed E-state index contributed by atoms with van der Waals surface area (Å²) in [5, 5.41) is 4.80. The third-order valence-electron chi connectivity index (χ3n) is 7.87. The molecule has 0 amide bonds. The molecule has 1 atom stereocenters. The Bertz CT molecular complexity index is 1400. The Morgan fingerprint density at radius 2 is 1.87 bits per heavy atom. The minimum absolute atomic E-state index is 0.00965. The van der Waals surface area contributed by atoms with Gasteiger partial charge in [-0.1, -0.05) is 42.0 Å². The number of ether oxygens (including phenoxy) is 3. The van der Waals surface area contributed by atoms with Gasteiger partial charge >= 0.3 is 0 Å². The van der Waals surface area contributed by atoms with E-state index >= 15 is 0 Å². The maximum atomic E-state index is 13.4. The number of allylic oxidation sites excluding steroid dienone is 2. The molecule has 1 unspecified atom stereocenters. The van der Waals surface area contributed by atoms with Gasteiger partial charge in [0.1, 0.15) is 24.2 Å². The van der Waals surface area contributed by atoms with E-state index in [9.17, 15) is 4.79 Å². The number of piperidine rings is 1. The first-order valence-electron chi connectivity index (χ1n) is 13.5. The number of pyridine rings is 1. The quantitative estimate of drug-likeness (QED) is 0.508. The van der Waals surface area contributed by atoms with Crippen LogP contribution in [0, 0.1) is 0 Å². The van der Waals surface area contributed by atoms with Crippen molar-refractivity contribution in [3.63, 3.8) is 0 Å². The van der Waals surface area contributed by atoms with E-state index in [1.165, 1.54) is 5.57 Å². The number of methoxy groups -OCH3 is 1. The average Bonchev–Trinajstić information content (AvgIpc) is 2.98. The maximum absolute atomic E-state index is 13.4. The molecule has 0 radical (unpaired) electrons. The molecular formula is C31H35N3O4. The highest BCUT2D eigenvalue weighted by Gasteiger charge is 2.26. The molecule has 3 aromatic rings. The molecule has 198 valence electrons. The topological polar surface area (TPSA) is 65.0 Å².